The van der Waals surface area contributed by atoms with Gasteiger partial charge >= 0.3 is 0 Å². The van der Waals surface area contributed by atoms with Crippen LogP contribution in [0, 0.1) is 17.8 Å². The molecule has 0 aromatic heterocycles. The first-order valence-corrected chi connectivity index (χ1v) is 7.37. The molecule has 4 N–H and O–H groups in total. The summed E-state index contributed by atoms with van der Waals surface area (Å²) in [4.78, 5) is 12.4. The van der Waals surface area contributed by atoms with E-state index in [1.54, 1.807) is 0 Å². The van der Waals surface area contributed by atoms with E-state index in [4.69, 9.17) is 5.73 Å². The lowest BCUT2D eigenvalue weighted by molar-refractivity contribution is -0.127. The largest absolute Gasteiger partial charge is 0.351 e. The molecule has 4 nitrogen and oxygen atoms in total. The maximum atomic E-state index is 12.4. The minimum Gasteiger partial charge on any atom is -0.351 e. The zero-order valence-electron chi connectivity index (χ0n) is 11.6. The molecule has 5 atom stereocenters. The first-order chi connectivity index (χ1) is 8.63. The predicted molar refractivity (Wildman–Crippen MR) is 73.1 cm³/mol. The molecular weight excluding hydrogens is 226 g/mol. The van der Waals surface area contributed by atoms with Crippen LogP contribution in [0.3, 0.4) is 0 Å². The summed E-state index contributed by atoms with van der Waals surface area (Å²) in [5.41, 5.74) is 5.76. The summed E-state index contributed by atoms with van der Waals surface area (Å²) in [5, 5.41) is 6.71. The molecule has 3 unspecified atom stereocenters. The van der Waals surface area contributed by atoms with Crippen LogP contribution >= 0.6 is 0 Å². The van der Waals surface area contributed by atoms with Gasteiger partial charge in [-0.25, -0.2) is 0 Å². The van der Waals surface area contributed by atoms with Gasteiger partial charge in [0.15, 0.2) is 0 Å². The molecule has 0 bridgehead atoms. The van der Waals surface area contributed by atoms with Gasteiger partial charge in [0.25, 0.3) is 0 Å². The molecule has 1 aliphatic heterocycles. The lowest BCUT2D eigenvalue weighted by Gasteiger charge is -2.37. The molecule has 0 spiro atoms. The Morgan fingerprint density at radius 3 is 2.78 bits per heavy atom. The number of amides is 1. The standard InChI is InChI=1S/C14H27N3O/c1-9-6-7-16-10(2)13(9)17-14(18)12-5-3-4-11(12)8-15/h9-13,16H,3-8,15H2,1-2H3,(H,17,18)/t9?,10?,11-,12-,13?/m1/s1. The quantitative estimate of drug-likeness (QED) is 0.699. The summed E-state index contributed by atoms with van der Waals surface area (Å²) < 4.78 is 0. The number of hydrogen-bond donors (Lipinski definition) is 3. The first-order valence-electron chi connectivity index (χ1n) is 7.37. The van der Waals surface area contributed by atoms with E-state index >= 15 is 0 Å². The van der Waals surface area contributed by atoms with Gasteiger partial charge in [0.05, 0.1) is 0 Å². The number of nitrogens with two attached hydrogens (primary N) is 1. The van der Waals surface area contributed by atoms with Crippen molar-refractivity contribution < 1.29 is 4.79 Å². The van der Waals surface area contributed by atoms with Gasteiger partial charge in [-0.1, -0.05) is 13.3 Å². The van der Waals surface area contributed by atoms with E-state index in [1.165, 1.54) is 0 Å². The molecule has 18 heavy (non-hydrogen) atoms. The monoisotopic (exact) mass is 253 g/mol. The number of carbonyl (C=O) groups excluding carboxylic acids is 1. The molecular formula is C14H27N3O. The minimum absolute atomic E-state index is 0.149. The Bertz CT molecular complexity index is 285. The molecule has 1 amide bonds. The Morgan fingerprint density at radius 2 is 2.11 bits per heavy atom. The van der Waals surface area contributed by atoms with Crippen molar-refractivity contribution in [2.75, 3.05) is 13.1 Å². The third kappa shape index (κ3) is 2.86. The molecule has 1 heterocycles. The maximum absolute atomic E-state index is 12.4. The van der Waals surface area contributed by atoms with Gasteiger partial charge in [-0.2, -0.15) is 0 Å². The second-order valence-corrected chi connectivity index (χ2v) is 6.08. The average molecular weight is 253 g/mol. The summed E-state index contributed by atoms with van der Waals surface area (Å²) in [6, 6.07) is 0.640. The molecule has 0 aromatic rings. The summed E-state index contributed by atoms with van der Waals surface area (Å²) in [5.74, 6) is 1.33. The van der Waals surface area contributed by atoms with Gasteiger partial charge in [-0.15, -0.1) is 0 Å². The van der Waals surface area contributed by atoms with Crippen LogP contribution in [-0.2, 0) is 4.79 Å². The second kappa shape index (κ2) is 6.02. The highest BCUT2D eigenvalue weighted by molar-refractivity contribution is 5.79. The van der Waals surface area contributed by atoms with Crippen molar-refractivity contribution in [2.45, 2.75) is 51.6 Å². The van der Waals surface area contributed by atoms with Crippen LogP contribution in [0.4, 0.5) is 0 Å². The zero-order chi connectivity index (χ0) is 13.1. The fourth-order valence-electron chi connectivity index (χ4n) is 3.54. The van der Waals surface area contributed by atoms with E-state index in [2.05, 4.69) is 24.5 Å². The van der Waals surface area contributed by atoms with Crippen LogP contribution in [0.15, 0.2) is 0 Å². The number of piperidine rings is 1. The third-order valence-electron chi connectivity index (χ3n) is 4.83. The molecule has 2 aliphatic rings. The van der Waals surface area contributed by atoms with E-state index in [0.717, 1.165) is 32.2 Å². The van der Waals surface area contributed by atoms with Crippen molar-refractivity contribution in [3.8, 4) is 0 Å². The lowest BCUT2D eigenvalue weighted by Crippen LogP contribution is -2.57. The molecule has 2 fully saturated rings. The minimum atomic E-state index is 0.149. The molecule has 1 saturated heterocycles. The SMILES string of the molecule is CC1CCNC(C)C1NC(=O)[C@@H]1CCC[C@@H]1CN. The van der Waals surface area contributed by atoms with Crippen molar-refractivity contribution in [3.05, 3.63) is 0 Å². The zero-order valence-corrected chi connectivity index (χ0v) is 11.6. The van der Waals surface area contributed by atoms with Crippen LogP contribution in [0.25, 0.3) is 0 Å². The second-order valence-electron chi connectivity index (χ2n) is 6.08. The number of rotatable bonds is 3. The highest BCUT2D eigenvalue weighted by Crippen LogP contribution is 2.31. The van der Waals surface area contributed by atoms with Gasteiger partial charge in [-0.05, 0) is 51.1 Å². The van der Waals surface area contributed by atoms with Crippen LogP contribution in [0.5, 0.6) is 0 Å². The molecule has 0 aromatic carbocycles. The van der Waals surface area contributed by atoms with E-state index in [0.29, 0.717) is 24.4 Å². The Hall–Kier alpha value is -0.610. The van der Waals surface area contributed by atoms with Crippen molar-refractivity contribution in [1.29, 1.82) is 0 Å². The summed E-state index contributed by atoms with van der Waals surface area (Å²) in [6.45, 7) is 6.10. The maximum Gasteiger partial charge on any atom is 0.223 e. The lowest BCUT2D eigenvalue weighted by atomic mass is 9.87. The van der Waals surface area contributed by atoms with E-state index in [-0.39, 0.29) is 17.9 Å². The Morgan fingerprint density at radius 1 is 1.33 bits per heavy atom. The normalized spacial score (nSPS) is 40.7. The third-order valence-corrected chi connectivity index (χ3v) is 4.83. The number of carbonyl (C=O) groups is 1. The fourth-order valence-corrected chi connectivity index (χ4v) is 3.54. The topological polar surface area (TPSA) is 67.1 Å². The van der Waals surface area contributed by atoms with Crippen molar-refractivity contribution in [3.63, 3.8) is 0 Å². The summed E-state index contributed by atoms with van der Waals surface area (Å²) in [7, 11) is 0. The average Bonchev–Trinajstić information content (AvgIpc) is 2.82. The molecule has 1 aliphatic carbocycles. The van der Waals surface area contributed by atoms with Gasteiger partial charge < -0.3 is 16.4 Å². The first kappa shape index (κ1) is 13.8. The van der Waals surface area contributed by atoms with Crippen molar-refractivity contribution >= 4 is 5.91 Å². The predicted octanol–water partition coefficient (Wildman–Crippen LogP) is 0.864. The highest BCUT2D eigenvalue weighted by Gasteiger charge is 2.35. The number of hydrogen-bond acceptors (Lipinski definition) is 3. The number of nitrogens with one attached hydrogen (secondary N) is 2. The molecule has 104 valence electrons. The van der Waals surface area contributed by atoms with Gasteiger partial charge in [0.2, 0.25) is 5.91 Å². The van der Waals surface area contributed by atoms with E-state index < -0.39 is 0 Å². The highest BCUT2D eigenvalue weighted by atomic mass is 16.2. The fraction of sp³-hybridized carbons (Fsp3) is 0.929. The van der Waals surface area contributed by atoms with Crippen molar-refractivity contribution in [1.82, 2.24) is 10.6 Å². The molecule has 2 rings (SSSR count). The van der Waals surface area contributed by atoms with Crippen LogP contribution in [0.2, 0.25) is 0 Å². The summed E-state index contributed by atoms with van der Waals surface area (Å²) in [6.07, 6.45) is 4.41. The van der Waals surface area contributed by atoms with E-state index in [9.17, 15) is 4.79 Å². The van der Waals surface area contributed by atoms with E-state index in [1.807, 2.05) is 0 Å². The molecule has 4 heteroatoms. The van der Waals surface area contributed by atoms with Gasteiger partial charge in [0, 0.05) is 18.0 Å². The Kier molecular flexibility index (Phi) is 4.62. The van der Waals surface area contributed by atoms with Crippen LogP contribution < -0.4 is 16.4 Å². The van der Waals surface area contributed by atoms with Gasteiger partial charge in [-0.3, -0.25) is 4.79 Å². The molecule has 0 radical (unpaired) electrons. The summed E-state index contributed by atoms with van der Waals surface area (Å²) >= 11 is 0. The van der Waals surface area contributed by atoms with Gasteiger partial charge in [0.1, 0.15) is 0 Å². The van der Waals surface area contributed by atoms with Crippen LogP contribution in [0.1, 0.15) is 39.5 Å². The van der Waals surface area contributed by atoms with Crippen LogP contribution in [-0.4, -0.2) is 31.1 Å². The van der Waals surface area contributed by atoms with Crippen molar-refractivity contribution in [2.24, 2.45) is 23.5 Å². The molecule has 1 saturated carbocycles. The Labute approximate surface area is 110 Å². The smallest absolute Gasteiger partial charge is 0.223 e. The Balaban J connectivity index is 1.93.